The lowest BCUT2D eigenvalue weighted by Gasteiger charge is -2.26. The second-order valence-corrected chi connectivity index (χ2v) is 8.29. The van der Waals surface area contributed by atoms with Gasteiger partial charge in [-0.3, -0.25) is 14.5 Å². The zero-order valence-corrected chi connectivity index (χ0v) is 16.2. The lowest BCUT2D eigenvalue weighted by molar-refractivity contribution is 0.0947. The number of nitrogens with zero attached hydrogens (tertiary/aromatic N) is 1. The minimum atomic E-state index is -0.125. The Morgan fingerprint density at radius 3 is 2.75 bits per heavy atom. The van der Waals surface area contributed by atoms with Gasteiger partial charge in [-0.1, -0.05) is 30.3 Å². The van der Waals surface area contributed by atoms with E-state index >= 15 is 0 Å². The van der Waals surface area contributed by atoms with Gasteiger partial charge in [0, 0.05) is 47.7 Å². The van der Waals surface area contributed by atoms with Gasteiger partial charge in [0.25, 0.3) is 5.91 Å². The van der Waals surface area contributed by atoms with Crippen molar-refractivity contribution in [3.05, 3.63) is 81.0 Å². The molecule has 1 N–H and O–H groups in total. The average Bonchev–Trinajstić information content (AvgIpc) is 3.31. The number of fused-ring (bicyclic) bond motifs is 4. The van der Waals surface area contributed by atoms with E-state index < -0.39 is 0 Å². The molecular formula is C23H20N2O2S. The normalized spacial score (nSPS) is 15.1. The van der Waals surface area contributed by atoms with Crippen LogP contribution in [0.5, 0.6) is 0 Å². The van der Waals surface area contributed by atoms with Crippen molar-refractivity contribution in [3.63, 3.8) is 0 Å². The van der Waals surface area contributed by atoms with Crippen LogP contribution in [0.4, 0.5) is 0 Å². The third kappa shape index (κ3) is 2.97. The molecule has 1 aliphatic carbocycles. The highest BCUT2D eigenvalue weighted by Crippen LogP contribution is 2.36. The quantitative estimate of drug-likeness (QED) is 0.579. The molecule has 2 heterocycles. The van der Waals surface area contributed by atoms with Gasteiger partial charge < -0.3 is 5.32 Å². The van der Waals surface area contributed by atoms with Gasteiger partial charge in [0.1, 0.15) is 0 Å². The van der Waals surface area contributed by atoms with Crippen molar-refractivity contribution in [1.29, 1.82) is 0 Å². The Kier molecular flexibility index (Phi) is 4.34. The number of carbonyl (C=O) groups is 2. The van der Waals surface area contributed by atoms with Crippen molar-refractivity contribution in [1.82, 2.24) is 10.2 Å². The first kappa shape index (κ1) is 17.3. The molecule has 0 bridgehead atoms. The predicted octanol–water partition coefficient (Wildman–Crippen LogP) is 3.75. The van der Waals surface area contributed by atoms with Crippen molar-refractivity contribution >= 4 is 23.0 Å². The molecule has 140 valence electrons. The topological polar surface area (TPSA) is 49.4 Å². The number of ketones is 1. The molecule has 1 aromatic heterocycles. The number of amides is 1. The van der Waals surface area contributed by atoms with Crippen LogP contribution in [0.2, 0.25) is 0 Å². The van der Waals surface area contributed by atoms with E-state index in [0.717, 1.165) is 37.2 Å². The van der Waals surface area contributed by atoms with Crippen molar-refractivity contribution in [2.24, 2.45) is 0 Å². The molecule has 0 atom stereocenters. The number of benzene rings is 2. The number of nitrogens with one attached hydrogen (secondary N) is 1. The Labute approximate surface area is 167 Å². The van der Waals surface area contributed by atoms with E-state index in [-0.39, 0.29) is 11.7 Å². The van der Waals surface area contributed by atoms with Gasteiger partial charge >= 0.3 is 0 Å². The summed E-state index contributed by atoms with van der Waals surface area (Å²) in [4.78, 5) is 29.1. The maximum atomic E-state index is 12.6. The first-order chi connectivity index (χ1) is 13.7. The van der Waals surface area contributed by atoms with Gasteiger partial charge in [0.15, 0.2) is 5.78 Å². The highest BCUT2D eigenvalue weighted by molar-refractivity contribution is 7.10. The number of carbonyl (C=O) groups excluding carboxylic acids is 2. The summed E-state index contributed by atoms with van der Waals surface area (Å²) in [6, 6.07) is 15.2. The molecule has 0 radical (unpaired) electrons. The smallest absolute Gasteiger partial charge is 0.251 e. The zero-order chi connectivity index (χ0) is 19.1. The fraction of sp³-hybridized carbons (Fsp3) is 0.217. The summed E-state index contributed by atoms with van der Waals surface area (Å²) in [6.07, 6.45) is 1.09. The summed E-state index contributed by atoms with van der Waals surface area (Å²) in [5, 5.41) is 5.16. The molecule has 0 fully saturated rings. The highest BCUT2D eigenvalue weighted by atomic mass is 32.1. The van der Waals surface area contributed by atoms with E-state index in [2.05, 4.69) is 21.7 Å². The summed E-state index contributed by atoms with van der Waals surface area (Å²) >= 11 is 1.83. The second kappa shape index (κ2) is 7.00. The van der Waals surface area contributed by atoms with Gasteiger partial charge in [-0.2, -0.15) is 0 Å². The van der Waals surface area contributed by atoms with Crippen LogP contribution in [0.3, 0.4) is 0 Å². The third-order valence-corrected chi connectivity index (χ3v) is 6.61. The molecule has 0 saturated carbocycles. The summed E-state index contributed by atoms with van der Waals surface area (Å²) in [5.41, 5.74) is 5.16. The Bertz CT molecular complexity index is 1090. The van der Waals surface area contributed by atoms with Gasteiger partial charge in [0.2, 0.25) is 0 Å². The first-order valence-corrected chi connectivity index (χ1v) is 10.4. The van der Waals surface area contributed by atoms with E-state index in [1.54, 1.807) is 6.07 Å². The van der Waals surface area contributed by atoms with E-state index in [1.807, 2.05) is 47.7 Å². The van der Waals surface area contributed by atoms with Crippen LogP contribution < -0.4 is 5.32 Å². The molecule has 4 nitrogen and oxygen atoms in total. The molecule has 0 unspecified atom stereocenters. The summed E-state index contributed by atoms with van der Waals surface area (Å²) < 4.78 is 0. The molecule has 1 amide bonds. The van der Waals surface area contributed by atoms with E-state index in [4.69, 9.17) is 0 Å². The molecular weight excluding hydrogens is 368 g/mol. The van der Waals surface area contributed by atoms with Gasteiger partial charge in [-0.25, -0.2) is 0 Å². The highest BCUT2D eigenvalue weighted by Gasteiger charge is 2.27. The van der Waals surface area contributed by atoms with Crippen LogP contribution >= 0.6 is 11.3 Å². The number of hydrogen-bond donors (Lipinski definition) is 1. The minimum Gasteiger partial charge on any atom is -0.351 e. The number of rotatable bonds is 4. The average molecular weight is 388 g/mol. The predicted molar refractivity (Wildman–Crippen MR) is 111 cm³/mol. The van der Waals surface area contributed by atoms with Gasteiger partial charge in [0.05, 0.1) is 0 Å². The van der Waals surface area contributed by atoms with Crippen LogP contribution in [-0.2, 0) is 13.0 Å². The van der Waals surface area contributed by atoms with Crippen LogP contribution in [0.1, 0.15) is 36.7 Å². The van der Waals surface area contributed by atoms with Crippen molar-refractivity contribution in [2.45, 2.75) is 13.0 Å². The van der Waals surface area contributed by atoms with Crippen LogP contribution in [-0.4, -0.2) is 36.2 Å². The van der Waals surface area contributed by atoms with Crippen molar-refractivity contribution < 1.29 is 9.59 Å². The number of thiophene rings is 1. The molecule has 1 aliphatic heterocycles. The lowest BCUT2D eigenvalue weighted by atomic mass is 10.0. The van der Waals surface area contributed by atoms with Gasteiger partial charge in [-0.15, -0.1) is 11.3 Å². The zero-order valence-electron chi connectivity index (χ0n) is 15.4. The molecule has 3 aromatic rings. The van der Waals surface area contributed by atoms with Crippen LogP contribution in [0.15, 0.2) is 53.9 Å². The van der Waals surface area contributed by atoms with E-state index in [0.29, 0.717) is 23.2 Å². The lowest BCUT2D eigenvalue weighted by Crippen LogP contribution is -2.37. The summed E-state index contributed by atoms with van der Waals surface area (Å²) in [6.45, 7) is 3.43. The summed E-state index contributed by atoms with van der Waals surface area (Å²) in [5.74, 6) is -0.125. The Morgan fingerprint density at radius 2 is 1.86 bits per heavy atom. The first-order valence-electron chi connectivity index (χ1n) is 9.54. The molecule has 5 heteroatoms. The van der Waals surface area contributed by atoms with E-state index in [9.17, 15) is 9.59 Å². The fourth-order valence-corrected chi connectivity index (χ4v) is 4.99. The Balaban J connectivity index is 1.23. The van der Waals surface area contributed by atoms with Crippen molar-refractivity contribution in [3.8, 4) is 11.1 Å². The fourth-order valence-electron chi connectivity index (χ4n) is 4.10. The molecule has 2 aromatic carbocycles. The maximum absolute atomic E-state index is 12.6. The Hall–Kier alpha value is -2.76. The Morgan fingerprint density at radius 1 is 1.04 bits per heavy atom. The maximum Gasteiger partial charge on any atom is 0.251 e. The SMILES string of the molecule is O=C(NCCN1CCc2sccc2C1)c1ccc2c(c1)C(=O)c1ccccc1-2. The number of hydrogen-bond acceptors (Lipinski definition) is 4. The van der Waals surface area contributed by atoms with Crippen molar-refractivity contribution in [2.75, 3.05) is 19.6 Å². The standard InChI is InChI=1S/C23H20N2O2S/c26-22-19-4-2-1-3-17(19)18-6-5-15(13-20(18)22)23(27)24-9-11-25-10-7-21-16(14-25)8-12-28-21/h1-6,8,12-13H,7,9-11,14H2,(H,24,27). The van der Waals surface area contributed by atoms with E-state index in [1.165, 1.54) is 10.4 Å². The monoisotopic (exact) mass is 388 g/mol. The molecule has 2 aliphatic rings. The molecule has 0 spiro atoms. The van der Waals surface area contributed by atoms with Crippen LogP contribution in [0.25, 0.3) is 11.1 Å². The third-order valence-electron chi connectivity index (χ3n) is 5.59. The summed E-state index contributed by atoms with van der Waals surface area (Å²) in [7, 11) is 0. The van der Waals surface area contributed by atoms with Crippen LogP contribution in [0, 0.1) is 0 Å². The largest absolute Gasteiger partial charge is 0.351 e. The molecule has 0 saturated heterocycles. The minimum absolute atomic E-state index is 0.000124. The molecule has 28 heavy (non-hydrogen) atoms. The van der Waals surface area contributed by atoms with Gasteiger partial charge in [-0.05, 0) is 46.7 Å². The molecule has 5 rings (SSSR count). The second-order valence-electron chi connectivity index (χ2n) is 7.29.